The average Bonchev–Trinajstić information content (AvgIpc) is 2.74. The SMILES string of the molecule is CCCCCCCCCCCCCCCC(=O)NCCCC[C@H](CC(C)(C)C)C(=O)C(C)(C)C. The molecule has 1 N–H and O–H groups in total. The molecule has 0 aromatic heterocycles. The summed E-state index contributed by atoms with van der Waals surface area (Å²) >= 11 is 0. The summed E-state index contributed by atoms with van der Waals surface area (Å²) in [5, 5.41) is 3.08. The van der Waals surface area contributed by atoms with E-state index >= 15 is 0 Å². The Morgan fingerprint density at radius 3 is 1.56 bits per heavy atom. The van der Waals surface area contributed by atoms with Crippen molar-refractivity contribution < 1.29 is 9.59 Å². The van der Waals surface area contributed by atoms with Crippen molar-refractivity contribution in [3.05, 3.63) is 0 Å². The van der Waals surface area contributed by atoms with Gasteiger partial charge in [0.05, 0.1) is 0 Å². The first kappa shape index (κ1) is 33.1. The van der Waals surface area contributed by atoms with E-state index in [-0.39, 0.29) is 22.7 Å². The third-order valence-corrected chi connectivity index (χ3v) is 6.78. The van der Waals surface area contributed by atoms with E-state index in [1.807, 2.05) is 20.8 Å². The molecular formula is C31H61NO2. The topological polar surface area (TPSA) is 46.2 Å². The minimum Gasteiger partial charge on any atom is -0.356 e. The van der Waals surface area contributed by atoms with Crippen LogP contribution in [0, 0.1) is 16.7 Å². The molecule has 0 bridgehead atoms. The number of Topliss-reactive ketones (excluding diaryl/α,β-unsaturated/α-hetero) is 1. The van der Waals surface area contributed by atoms with E-state index in [0.717, 1.165) is 38.6 Å². The Morgan fingerprint density at radius 2 is 1.12 bits per heavy atom. The first-order chi connectivity index (χ1) is 16.0. The number of carbonyl (C=O) groups is 2. The smallest absolute Gasteiger partial charge is 0.219 e. The van der Waals surface area contributed by atoms with Gasteiger partial charge in [-0.3, -0.25) is 9.59 Å². The normalized spacial score (nSPS) is 13.1. The van der Waals surface area contributed by atoms with Crippen molar-refractivity contribution in [2.75, 3.05) is 6.54 Å². The molecule has 0 saturated heterocycles. The van der Waals surface area contributed by atoms with Crippen LogP contribution in [0.25, 0.3) is 0 Å². The molecule has 0 fully saturated rings. The zero-order valence-electron chi connectivity index (χ0n) is 24.3. The van der Waals surface area contributed by atoms with Gasteiger partial charge in [0.2, 0.25) is 5.91 Å². The van der Waals surface area contributed by atoms with Crippen molar-refractivity contribution in [2.45, 2.75) is 164 Å². The Bertz CT molecular complexity index is 513. The van der Waals surface area contributed by atoms with Crippen molar-refractivity contribution in [3.8, 4) is 0 Å². The number of unbranched alkanes of at least 4 members (excludes halogenated alkanes) is 13. The number of hydrogen-bond acceptors (Lipinski definition) is 2. The van der Waals surface area contributed by atoms with Crippen LogP contribution in [0.2, 0.25) is 0 Å². The third-order valence-electron chi connectivity index (χ3n) is 6.78. The largest absolute Gasteiger partial charge is 0.356 e. The lowest BCUT2D eigenvalue weighted by molar-refractivity contribution is -0.131. The Balaban J connectivity index is 3.72. The van der Waals surface area contributed by atoms with Crippen molar-refractivity contribution in [3.63, 3.8) is 0 Å². The highest BCUT2D eigenvalue weighted by Crippen LogP contribution is 2.33. The van der Waals surface area contributed by atoms with Gasteiger partial charge in [0, 0.05) is 24.3 Å². The second-order valence-corrected chi connectivity index (χ2v) is 12.9. The fourth-order valence-corrected chi connectivity index (χ4v) is 4.81. The summed E-state index contributed by atoms with van der Waals surface area (Å²) in [7, 11) is 0. The molecule has 0 aliphatic heterocycles. The third kappa shape index (κ3) is 20.5. The quantitative estimate of drug-likeness (QED) is 0.167. The van der Waals surface area contributed by atoms with Crippen LogP contribution >= 0.6 is 0 Å². The number of hydrogen-bond donors (Lipinski definition) is 1. The monoisotopic (exact) mass is 479 g/mol. The van der Waals surface area contributed by atoms with Gasteiger partial charge in [-0.2, -0.15) is 0 Å². The molecule has 0 rings (SSSR count). The van der Waals surface area contributed by atoms with Gasteiger partial charge >= 0.3 is 0 Å². The molecule has 34 heavy (non-hydrogen) atoms. The first-order valence-corrected chi connectivity index (χ1v) is 14.8. The van der Waals surface area contributed by atoms with Gasteiger partial charge < -0.3 is 5.32 Å². The molecule has 1 atom stereocenters. The average molecular weight is 480 g/mol. The van der Waals surface area contributed by atoms with E-state index in [9.17, 15) is 9.59 Å². The first-order valence-electron chi connectivity index (χ1n) is 14.8. The van der Waals surface area contributed by atoms with Crippen LogP contribution in [0.1, 0.15) is 164 Å². The summed E-state index contributed by atoms with van der Waals surface area (Å²) in [5.74, 6) is 0.704. The van der Waals surface area contributed by atoms with E-state index in [1.54, 1.807) is 0 Å². The van der Waals surface area contributed by atoms with E-state index < -0.39 is 0 Å². The molecule has 3 nitrogen and oxygen atoms in total. The summed E-state index contributed by atoms with van der Waals surface area (Å²) in [6, 6.07) is 0. The molecule has 0 heterocycles. The molecule has 0 spiro atoms. The molecule has 3 heteroatoms. The van der Waals surface area contributed by atoms with Gasteiger partial charge in [-0.05, 0) is 31.1 Å². The Labute approximate surface area is 214 Å². The van der Waals surface area contributed by atoms with Crippen molar-refractivity contribution in [1.82, 2.24) is 5.32 Å². The minimum atomic E-state index is -0.280. The molecule has 0 aromatic carbocycles. The summed E-state index contributed by atoms with van der Waals surface area (Å²) in [6.07, 6.45) is 21.8. The Kier molecular flexibility index (Phi) is 18.9. The molecule has 0 saturated carbocycles. The van der Waals surface area contributed by atoms with E-state index in [1.165, 1.54) is 77.0 Å². The van der Waals surface area contributed by atoms with Gasteiger partial charge in [0.25, 0.3) is 0 Å². The molecule has 0 unspecified atom stereocenters. The van der Waals surface area contributed by atoms with E-state index in [4.69, 9.17) is 0 Å². The molecule has 202 valence electrons. The number of carbonyl (C=O) groups excluding carboxylic acids is 2. The number of nitrogens with one attached hydrogen (secondary N) is 1. The maximum Gasteiger partial charge on any atom is 0.219 e. The number of rotatable bonds is 21. The lowest BCUT2D eigenvalue weighted by atomic mass is 9.74. The predicted octanol–water partition coefficient (Wildman–Crippen LogP) is 9.42. The van der Waals surface area contributed by atoms with Crippen molar-refractivity contribution in [2.24, 2.45) is 16.7 Å². The van der Waals surface area contributed by atoms with Crippen LogP contribution < -0.4 is 5.32 Å². The van der Waals surface area contributed by atoms with Gasteiger partial charge in [-0.25, -0.2) is 0 Å². The van der Waals surface area contributed by atoms with Gasteiger partial charge in [0.1, 0.15) is 5.78 Å². The van der Waals surface area contributed by atoms with Crippen LogP contribution in [-0.4, -0.2) is 18.2 Å². The van der Waals surface area contributed by atoms with Gasteiger partial charge in [-0.15, -0.1) is 0 Å². The summed E-state index contributed by atoms with van der Waals surface area (Å²) in [5.41, 5.74) is -0.119. The Morgan fingerprint density at radius 1 is 0.647 bits per heavy atom. The highest BCUT2D eigenvalue weighted by atomic mass is 16.1. The molecule has 0 aromatic rings. The molecule has 0 radical (unpaired) electrons. The summed E-state index contributed by atoms with van der Waals surface area (Å²) in [6.45, 7) is 15.7. The van der Waals surface area contributed by atoms with Crippen LogP contribution in [0.4, 0.5) is 0 Å². The second-order valence-electron chi connectivity index (χ2n) is 12.9. The molecule has 1 amide bonds. The van der Waals surface area contributed by atoms with E-state index in [2.05, 4.69) is 33.0 Å². The maximum absolute atomic E-state index is 12.8. The minimum absolute atomic E-state index is 0.126. The lowest BCUT2D eigenvalue weighted by Crippen LogP contribution is -2.31. The fraction of sp³-hybridized carbons (Fsp3) is 0.935. The van der Waals surface area contributed by atoms with Gasteiger partial charge in [0.15, 0.2) is 0 Å². The van der Waals surface area contributed by atoms with Crippen LogP contribution in [0.15, 0.2) is 0 Å². The zero-order chi connectivity index (χ0) is 25.9. The lowest BCUT2D eigenvalue weighted by Gasteiger charge is -2.30. The van der Waals surface area contributed by atoms with Crippen molar-refractivity contribution in [1.29, 1.82) is 0 Å². The van der Waals surface area contributed by atoms with Crippen LogP contribution in [0.3, 0.4) is 0 Å². The van der Waals surface area contributed by atoms with E-state index in [0.29, 0.717) is 12.2 Å². The summed E-state index contributed by atoms with van der Waals surface area (Å²) < 4.78 is 0. The maximum atomic E-state index is 12.8. The standard InChI is InChI=1S/C31H61NO2/c1-8-9-10-11-12-13-14-15-16-17-18-19-20-24-28(33)32-25-22-21-23-27(26-30(2,3)4)29(34)31(5,6)7/h27H,8-26H2,1-7H3,(H,32,33)/t27-/m1/s1. The van der Waals surface area contributed by atoms with Crippen molar-refractivity contribution >= 4 is 11.7 Å². The molecular weight excluding hydrogens is 418 g/mol. The predicted molar refractivity (Wildman–Crippen MR) is 149 cm³/mol. The second kappa shape index (κ2) is 19.3. The fourth-order valence-electron chi connectivity index (χ4n) is 4.81. The molecule has 0 aliphatic rings. The van der Waals surface area contributed by atoms with Crippen LogP contribution in [-0.2, 0) is 9.59 Å². The molecule has 0 aliphatic carbocycles. The highest BCUT2D eigenvalue weighted by molar-refractivity contribution is 5.86. The number of ketones is 1. The number of amides is 1. The van der Waals surface area contributed by atoms with Crippen LogP contribution in [0.5, 0.6) is 0 Å². The summed E-state index contributed by atoms with van der Waals surface area (Å²) in [4.78, 5) is 25.0. The van der Waals surface area contributed by atoms with Gasteiger partial charge in [-0.1, -0.05) is 132 Å². The highest BCUT2D eigenvalue weighted by Gasteiger charge is 2.31. The zero-order valence-corrected chi connectivity index (χ0v) is 24.3. The Hall–Kier alpha value is -0.860.